The molecule has 0 radical (unpaired) electrons. The SMILES string of the molecule is Clc1cc(Cl)c(CCC[Si](Cl)(Cl)Cl)cc1Cl. The number of benzene rings is 1. The number of rotatable bonds is 4. The van der Waals surface area contributed by atoms with Crippen LogP contribution in [-0.4, -0.2) is 6.00 Å². The molecule has 0 saturated heterocycles. The molecule has 0 aliphatic rings. The van der Waals surface area contributed by atoms with Crippen molar-refractivity contribution in [3.8, 4) is 0 Å². The zero-order chi connectivity index (χ0) is 12.3. The molecule has 0 atom stereocenters. The summed E-state index contributed by atoms with van der Waals surface area (Å²) in [5.41, 5.74) is 0.930. The van der Waals surface area contributed by atoms with Gasteiger partial charge in [0.15, 0.2) is 0 Å². The maximum atomic E-state index is 6.02. The van der Waals surface area contributed by atoms with E-state index >= 15 is 0 Å². The van der Waals surface area contributed by atoms with E-state index in [1.807, 2.05) is 0 Å². The Balaban J connectivity index is 2.64. The molecule has 90 valence electrons. The van der Waals surface area contributed by atoms with Crippen LogP contribution in [0.4, 0.5) is 0 Å². The van der Waals surface area contributed by atoms with Crippen LogP contribution in [-0.2, 0) is 6.42 Å². The molecule has 16 heavy (non-hydrogen) atoms. The fourth-order valence-corrected chi connectivity index (χ4v) is 3.68. The number of hydrogen-bond acceptors (Lipinski definition) is 0. The lowest BCUT2D eigenvalue weighted by Crippen LogP contribution is -2.08. The van der Waals surface area contributed by atoms with E-state index in [9.17, 15) is 0 Å². The van der Waals surface area contributed by atoms with Crippen molar-refractivity contribution in [2.24, 2.45) is 0 Å². The van der Waals surface area contributed by atoms with Crippen LogP contribution in [0, 0.1) is 0 Å². The van der Waals surface area contributed by atoms with Gasteiger partial charge in [0.05, 0.1) is 10.0 Å². The van der Waals surface area contributed by atoms with E-state index in [0.29, 0.717) is 21.1 Å². The minimum Gasteiger partial charge on any atom is -0.126 e. The third-order valence-electron chi connectivity index (χ3n) is 2.00. The standard InChI is InChI=1S/C9H8Cl6Si/c10-7-5-9(12)8(11)4-6(7)2-1-3-16(13,14)15/h4-5H,1-3H2. The first-order valence-electron chi connectivity index (χ1n) is 4.50. The highest BCUT2D eigenvalue weighted by Crippen LogP contribution is 2.32. The molecule has 1 rings (SSSR count). The molecule has 1 aromatic rings. The lowest BCUT2D eigenvalue weighted by molar-refractivity contribution is 0.915. The summed E-state index contributed by atoms with van der Waals surface area (Å²) in [7, 11) is 0. The Morgan fingerprint density at radius 3 is 2.00 bits per heavy atom. The average Bonchev–Trinajstić information content (AvgIpc) is 2.11. The van der Waals surface area contributed by atoms with Gasteiger partial charge in [-0.1, -0.05) is 34.8 Å². The molecule has 0 heterocycles. The molecule has 0 aliphatic heterocycles. The van der Waals surface area contributed by atoms with Gasteiger partial charge in [0.25, 0.3) is 0 Å². The minimum atomic E-state index is -2.54. The van der Waals surface area contributed by atoms with Crippen molar-refractivity contribution >= 4 is 74.0 Å². The summed E-state index contributed by atoms with van der Waals surface area (Å²) in [6.07, 6.45) is 1.51. The lowest BCUT2D eigenvalue weighted by Gasteiger charge is -2.09. The first-order valence-corrected chi connectivity index (χ1v) is 10.9. The van der Waals surface area contributed by atoms with Crippen LogP contribution in [0.25, 0.3) is 0 Å². The van der Waals surface area contributed by atoms with Crippen LogP contribution < -0.4 is 0 Å². The topological polar surface area (TPSA) is 0 Å². The van der Waals surface area contributed by atoms with Crippen molar-refractivity contribution in [1.29, 1.82) is 0 Å². The van der Waals surface area contributed by atoms with Crippen molar-refractivity contribution in [3.05, 3.63) is 32.8 Å². The molecule has 0 fully saturated rings. The van der Waals surface area contributed by atoms with Crippen molar-refractivity contribution in [2.75, 3.05) is 0 Å². The van der Waals surface area contributed by atoms with Gasteiger partial charge < -0.3 is 0 Å². The first kappa shape index (κ1) is 15.2. The van der Waals surface area contributed by atoms with Gasteiger partial charge in [-0.25, -0.2) is 0 Å². The molecule has 0 amide bonds. The van der Waals surface area contributed by atoms with Crippen molar-refractivity contribution in [3.63, 3.8) is 0 Å². The van der Waals surface area contributed by atoms with E-state index in [2.05, 4.69) is 0 Å². The van der Waals surface area contributed by atoms with E-state index in [4.69, 9.17) is 68.0 Å². The van der Waals surface area contributed by atoms with Gasteiger partial charge in [-0.2, -0.15) is 0 Å². The van der Waals surface area contributed by atoms with Crippen LogP contribution in [0.5, 0.6) is 0 Å². The second-order valence-corrected chi connectivity index (χ2v) is 13.8. The quantitative estimate of drug-likeness (QED) is 0.340. The van der Waals surface area contributed by atoms with E-state index in [-0.39, 0.29) is 0 Å². The van der Waals surface area contributed by atoms with Crippen molar-refractivity contribution < 1.29 is 0 Å². The number of halogens is 6. The Morgan fingerprint density at radius 1 is 0.875 bits per heavy atom. The molecule has 0 saturated carbocycles. The fraction of sp³-hybridized carbons (Fsp3) is 0.333. The molecule has 0 nitrogen and oxygen atoms in total. The monoisotopic (exact) mass is 354 g/mol. The predicted octanol–water partition coefficient (Wildman–Crippen LogP) is 6.23. The maximum Gasteiger partial charge on any atom is 0.341 e. The van der Waals surface area contributed by atoms with Gasteiger partial charge in [-0.15, -0.1) is 33.2 Å². The number of hydrogen-bond donors (Lipinski definition) is 0. The summed E-state index contributed by atoms with van der Waals surface area (Å²) in [5, 5.41) is 1.54. The van der Waals surface area contributed by atoms with Crippen LogP contribution >= 0.6 is 68.0 Å². The molecule has 0 aliphatic carbocycles. The summed E-state index contributed by atoms with van der Waals surface area (Å²) >= 11 is 35.1. The minimum absolute atomic E-state index is 0.450. The first-order chi connectivity index (χ1) is 7.29. The van der Waals surface area contributed by atoms with Gasteiger partial charge in [0.1, 0.15) is 0 Å². The average molecular weight is 357 g/mol. The van der Waals surface area contributed by atoms with Crippen LogP contribution in [0.1, 0.15) is 12.0 Å². The van der Waals surface area contributed by atoms with E-state index in [0.717, 1.165) is 18.4 Å². The molecule has 0 aromatic heterocycles. The van der Waals surface area contributed by atoms with Crippen molar-refractivity contribution in [1.82, 2.24) is 0 Å². The van der Waals surface area contributed by atoms with Crippen LogP contribution in [0.3, 0.4) is 0 Å². The Labute approximate surface area is 125 Å². The molecule has 0 unspecified atom stereocenters. The summed E-state index contributed by atoms with van der Waals surface area (Å²) in [4.78, 5) is 0. The Kier molecular flexibility index (Phi) is 6.07. The Bertz CT molecular complexity index is 373. The van der Waals surface area contributed by atoms with E-state index in [1.165, 1.54) is 0 Å². The normalized spacial score (nSPS) is 11.9. The fourth-order valence-electron chi connectivity index (χ4n) is 1.23. The highest BCUT2D eigenvalue weighted by atomic mass is 35.8. The summed E-state index contributed by atoms with van der Waals surface area (Å²) < 4.78 is 0. The summed E-state index contributed by atoms with van der Waals surface area (Å²) in [6, 6.07) is 1.46. The molecular weight excluding hydrogens is 349 g/mol. The summed E-state index contributed by atoms with van der Waals surface area (Å²) in [5.74, 6) is 0. The van der Waals surface area contributed by atoms with Gasteiger partial charge in [-0.3, -0.25) is 0 Å². The highest BCUT2D eigenvalue weighted by molar-refractivity contribution is 7.64. The number of aryl methyl sites for hydroxylation is 1. The second-order valence-electron chi connectivity index (χ2n) is 3.33. The lowest BCUT2D eigenvalue weighted by atomic mass is 10.1. The highest BCUT2D eigenvalue weighted by Gasteiger charge is 2.23. The smallest absolute Gasteiger partial charge is 0.126 e. The van der Waals surface area contributed by atoms with Gasteiger partial charge in [0, 0.05) is 5.02 Å². The summed E-state index contributed by atoms with van der Waals surface area (Å²) in [6.45, 7) is 0. The van der Waals surface area contributed by atoms with Crippen LogP contribution in [0.2, 0.25) is 21.1 Å². The molecule has 1 aromatic carbocycles. The molecular formula is C9H8Cl6Si. The van der Waals surface area contributed by atoms with Crippen LogP contribution in [0.15, 0.2) is 12.1 Å². The Hall–Kier alpha value is 1.18. The third kappa shape index (κ3) is 5.22. The van der Waals surface area contributed by atoms with E-state index < -0.39 is 6.00 Å². The predicted molar refractivity (Wildman–Crippen MR) is 77.9 cm³/mol. The largest absolute Gasteiger partial charge is 0.341 e. The Morgan fingerprint density at radius 2 is 1.44 bits per heavy atom. The molecule has 7 heteroatoms. The maximum absolute atomic E-state index is 6.02. The van der Waals surface area contributed by atoms with E-state index in [1.54, 1.807) is 12.1 Å². The second kappa shape index (κ2) is 6.37. The van der Waals surface area contributed by atoms with Gasteiger partial charge in [-0.05, 0) is 36.6 Å². The third-order valence-corrected chi connectivity index (χ3v) is 5.69. The molecule has 0 spiro atoms. The van der Waals surface area contributed by atoms with Crippen molar-refractivity contribution in [2.45, 2.75) is 18.9 Å². The zero-order valence-electron chi connectivity index (χ0n) is 8.04. The van der Waals surface area contributed by atoms with Gasteiger partial charge >= 0.3 is 6.00 Å². The molecule has 0 bridgehead atoms. The van der Waals surface area contributed by atoms with Gasteiger partial charge in [0.2, 0.25) is 0 Å². The molecule has 0 N–H and O–H groups in total. The zero-order valence-corrected chi connectivity index (χ0v) is 13.6.